The maximum atomic E-state index is 11.8. The third-order valence-electron chi connectivity index (χ3n) is 2.75. The first-order valence-corrected chi connectivity index (χ1v) is 7.66. The zero-order valence-corrected chi connectivity index (χ0v) is 14.2. The molecule has 0 heterocycles. The van der Waals surface area contributed by atoms with Gasteiger partial charge in [-0.2, -0.15) is 5.26 Å². The quantitative estimate of drug-likeness (QED) is 0.568. The van der Waals surface area contributed by atoms with Crippen LogP contribution in [0.4, 0.5) is 0 Å². The van der Waals surface area contributed by atoms with E-state index in [4.69, 9.17) is 5.26 Å². The van der Waals surface area contributed by atoms with Gasteiger partial charge in [-0.3, -0.25) is 4.79 Å². The smallest absolute Gasteiger partial charge is 0.239 e. The molecule has 1 amide bonds. The summed E-state index contributed by atoms with van der Waals surface area (Å²) in [5.41, 5.74) is 1.30. The van der Waals surface area contributed by atoms with Crippen LogP contribution in [0.3, 0.4) is 0 Å². The molecular formula is C17H25N5O. The normalized spacial score (nSPS) is 11.5. The van der Waals surface area contributed by atoms with Gasteiger partial charge in [-0.1, -0.05) is 12.1 Å². The van der Waals surface area contributed by atoms with Crippen LogP contribution in [0, 0.1) is 11.3 Å². The summed E-state index contributed by atoms with van der Waals surface area (Å²) in [6, 6.07) is 9.42. The molecule has 3 N–H and O–H groups in total. The fourth-order valence-electron chi connectivity index (χ4n) is 1.88. The maximum absolute atomic E-state index is 11.8. The molecule has 0 saturated carbocycles. The molecule has 1 aromatic rings. The van der Waals surface area contributed by atoms with E-state index in [0.29, 0.717) is 24.6 Å². The molecule has 23 heavy (non-hydrogen) atoms. The predicted molar refractivity (Wildman–Crippen MR) is 91.9 cm³/mol. The number of amides is 1. The number of carbonyl (C=O) groups is 1. The van der Waals surface area contributed by atoms with Crippen molar-refractivity contribution in [2.45, 2.75) is 39.8 Å². The highest BCUT2D eigenvalue weighted by molar-refractivity contribution is 5.86. The maximum Gasteiger partial charge on any atom is 0.239 e. The van der Waals surface area contributed by atoms with E-state index in [-0.39, 0.29) is 18.0 Å². The summed E-state index contributed by atoms with van der Waals surface area (Å²) in [4.78, 5) is 16.3. The molecule has 0 aliphatic carbocycles. The number of carbonyl (C=O) groups excluding carboxylic acids is 1. The van der Waals surface area contributed by atoms with Crippen LogP contribution in [0.2, 0.25) is 0 Å². The van der Waals surface area contributed by atoms with Crippen molar-refractivity contribution in [2.24, 2.45) is 4.99 Å². The molecule has 0 aromatic heterocycles. The Kier molecular flexibility index (Phi) is 7.07. The lowest BCUT2D eigenvalue weighted by atomic mass is 10.1. The Bertz CT molecular complexity index is 596. The van der Waals surface area contributed by atoms with Crippen molar-refractivity contribution in [1.82, 2.24) is 16.0 Å². The van der Waals surface area contributed by atoms with Gasteiger partial charge >= 0.3 is 0 Å². The summed E-state index contributed by atoms with van der Waals surface area (Å²) < 4.78 is 0. The monoisotopic (exact) mass is 315 g/mol. The molecule has 1 aromatic carbocycles. The molecule has 0 saturated heterocycles. The number of aliphatic imine (C=N–C) groups is 1. The molecule has 0 aliphatic heterocycles. The number of nitriles is 1. The predicted octanol–water partition coefficient (Wildman–Crippen LogP) is 1.53. The summed E-state index contributed by atoms with van der Waals surface area (Å²) in [5, 5.41) is 17.9. The number of nitrogens with one attached hydrogen (secondary N) is 3. The van der Waals surface area contributed by atoms with Gasteiger partial charge in [-0.05, 0) is 45.4 Å². The van der Waals surface area contributed by atoms with Gasteiger partial charge in [0, 0.05) is 12.1 Å². The molecule has 0 aliphatic rings. The highest BCUT2D eigenvalue weighted by Crippen LogP contribution is 2.05. The van der Waals surface area contributed by atoms with Gasteiger partial charge in [0.2, 0.25) is 5.91 Å². The van der Waals surface area contributed by atoms with Crippen molar-refractivity contribution in [3.8, 4) is 6.07 Å². The van der Waals surface area contributed by atoms with E-state index in [9.17, 15) is 4.79 Å². The van der Waals surface area contributed by atoms with Crippen molar-refractivity contribution >= 4 is 11.9 Å². The van der Waals surface area contributed by atoms with Gasteiger partial charge in [-0.25, -0.2) is 4.99 Å². The van der Waals surface area contributed by atoms with Crippen LogP contribution in [0.1, 0.15) is 38.8 Å². The van der Waals surface area contributed by atoms with E-state index < -0.39 is 0 Å². The van der Waals surface area contributed by atoms with Crippen LogP contribution in [-0.4, -0.2) is 30.5 Å². The first-order valence-electron chi connectivity index (χ1n) is 7.66. The molecule has 6 nitrogen and oxygen atoms in total. The van der Waals surface area contributed by atoms with Crippen LogP contribution in [0.5, 0.6) is 0 Å². The Morgan fingerprint density at radius 3 is 2.65 bits per heavy atom. The number of benzene rings is 1. The molecule has 0 fully saturated rings. The van der Waals surface area contributed by atoms with Crippen LogP contribution >= 0.6 is 0 Å². The third kappa shape index (κ3) is 7.86. The zero-order chi connectivity index (χ0) is 17.3. The van der Waals surface area contributed by atoms with E-state index in [2.05, 4.69) is 27.0 Å². The van der Waals surface area contributed by atoms with E-state index in [1.54, 1.807) is 12.1 Å². The van der Waals surface area contributed by atoms with Crippen LogP contribution in [-0.2, 0) is 11.3 Å². The fraction of sp³-hybridized carbons (Fsp3) is 0.471. The molecule has 1 rings (SSSR count). The number of rotatable bonds is 5. The second-order valence-electron chi connectivity index (χ2n) is 6.16. The minimum atomic E-state index is -0.258. The van der Waals surface area contributed by atoms with Crippen molar-refractivity contribution in [2.75, 3.05) is 13.1 Å². The average Bonchev–Trinajstić information content (AvgIpc) is 2.48. The molecule has 124 valence electrons. The van der Waals surface area contributed by atoms with Crippen LogP contribution in [0.25, 0.3) is 0 Å². The van der Waals surface area contributed by atoms with Crippen LogP contribution in [0.15, 0.2) is 29.3 Å². The molecule has 0 bridgehead atoms. The highest BCUT2D eigenvalue weighted by atomic mass is 16.2. The lowest BCUT2D eigenvalue weighted by molar-refractivity contribution is -0.121. The lowest BCUT2D eigenvalue weighted by Crippen LogP contribution is -2.48. The number of hydrogen-bond donors (Lipinski definition) is 3. The standard InChI is InChI=1S/C17H25N5O/c1-5-19-16(21-12-15(23)22-17(2,3)4)20-11-14-8-6-7-13(9-14)10-18/h6-9H,5,11-12H2,1-4H3,(H,22,23)(H2,19,20,21). The van der Waals surface area contributed by atoms with E-state index in [1.165, 1.54) is 0 Å². The Balaban J connectivity index is 2.63. The number of guanidine groups is 1. The molecule has 0 unspecified atom stereocenters. The Morgan fingerprint density at radius 1 is 1.30 bits per heavy atom. The molecule has 0 radical (unpaired) electrons. The fourth-order valence-corrected chi connectivity index (χ4v) is 1.88. The summed E-state index contributed by atoms with van der Waals surface area (Å²) in [5.74, 6) is 0.480. The largest absolute Gasteiger partial charge is 0.357 e. The molecule has 6 heteroatoms. The van der Waals surface area contributed by atoms with Gasteiger partial charge in [0.15, 0.2) is 5.96 Å². The summed E-state index contributed by atoms with van der Waals surface area (Å²) in [6.45, 7) is 9.06. The lowest BCUT2D eigenvalue weighted by Gasteiger charge is -2.21. The number of hydrogen-bond acceptors (Lipinski definition) is 3. The summed E-state index contributed by atoms with van der Waals surface area (Å²) >= 11 is 0. The topological polar surface area (TPSA) is 89.3 Å². The first kappa shape index (κ1) is 18.5. The zero-order valence-electron chi connectivity index (χ0n) is 14.2. The van der Waals surface area contributed by atoms with Crippen molar-refractivity contribution in [3.05, 3.63) is 35.4 Å². The Hall–Kier alpha value is -2.55. The van der Waals surface area contributed by atoms with Crippen molar-refractivity contribution in [1.29, 1.82) is 5.26 Å². The average molecular weight is 315 g/mol. The summed E-state index contributed by atoms with van der Waals surface area (Å²) in [7, 11) is 0. The Labute approximate surface area is 138 Å². The molecular weight excluding hydrogens is 290 g/mol. The minimum Gasteiger partial charge on any atom is -0.357 e. The van der Waals surface area contributed by atoms with Gasteiger partial charge in [0.1, 0.15) is 0 Å². The molecule has 0 spiro atoms. The highest BCUT2D eigenvalue weighted by Gasteiger charge is 2.13. The van der Waals surface area contributed by atoms with Gasteiger partial charge in [0.25, 0.3) is 0 Å². The van der Waals surface area contributed by atoms with Gasteiger partial charge < -0.3 is 16.0 Å². The SMILES string of the molecule is CCNC(=NCc1cccc(C#N)c1)NCC(=O)NC(C)(C)C. The molecule has 0 atom stereocenters. The van der Waals surface area contributed by atoms with E-state index in [0.717, 1.165) is 5.56 Å². The second-order valence-corrected chi connectivity index (χ2v) is 6.16. The Morgan fingerprint density at radius 2 is 2.04 bits per heavy atom. The second kappa shape index (κ2) is 8.79. The third-order valence-corrected chi connectivity index (χ3v) is 2.75. The van der Waals surface area contributed by atoms with Crippen molar-refractivity contribution < 1.29 is 4.79 Å². The van der Waals surface area contributed by atoms with Crippen molar-refractivity contribution in [3.63, 3.8) is 0 Å². The van der Waals surface area contributed by atoms with Gasteiger partial charge in [-0.15, -0.1) is 0 Å². The van der Waals surface area contributed by atoms with E-state index >= 15 is 0 Å². The number of nitrogens with zero attached hydrogens (tertiary/aromatic N) is 2. The van der Waals surface area contributed by atoms with E-state index in [1.807, 2.05) is 39.8 Å². The minimum absolute atomic E-state index is 0.0884. The first-order chi connectivity index (χ1) is 10.8. The van der Waals surface area contributed by atoms with Gasteiger partial charge in [0.05, 0.1) is 24.7 Å². The summed E-state index contributed by atoms with van der Waals surface area (Å²) in [6.07, 6.45) is 0. The van der Waals surface area contributed by atoms with Crippen LogP contribution < -0.4 is 16.0 Å².